The molecule has 0 saturated carbocycles. The first-order valence-corrected chi connectivity index (χ1v) is 8.12. The lowest BCUT2D eigenvalue weighted by Gasteiger charge is -2.21. The number of carbonyl (C=O) groups excluding carboxylic acids is 2. The quantitative estimate of drug-likeness (QED) is 0.811. The molecule has 0 aliphatic rings. The highest BCUT2D eigenvalue weighted by Crippen LogP contribution is 2.12. The number of aryl methyl sites for hydroxylation is 1. The Morgan fingerprint density at radius 1 is 1.22 bits per heavy atom. The van der Waals surface area contributed by atoms with Crippen LogP contribution in [0.5, 0.6) is 0 Å². The average Bonchev–Trinajstić information content (AvgIpc) is 2.47. The number of rotatable bonds is 7. The third-order valence-electron chi connectivity index (χ3n) is 3.71. The summed E-state index contributed by atoms with van der Waals surface area (Å²) in [5.41, 5.74) is 2.73. The molecule has 23 heavy (non-hydrogen) atoms. The monoisotopic (exact) mass is 320 g/mol. The highest BCUT2D eigenvalue weighted by Gasteiger charge is 2.17. The van der Waals surface area contributed by atoms with Crippen LogP contribution in [-0.4, -0.2) is 31.2 Å². The van der Waals surface area contributed by atoms with E-state index in [2.05, 4.69) is 24.5 Å². The minimum Gasteiger partial charge on any atom is -0.450 e. The Balaban J connectivity index is 2.67. The molecular formula is C18H28N2O3. The SMILES string of the molecule is CCOC(=O)NC(CNC(=O)c1cccc(C)c1C)CC(C)C. The molecule has 0 saturated heterocycles. The van der Waals surface area contributed by atoms with Crippen molar-refractivity contribution in [3.63, 3.8) is 0 Å². The van der Waals surface area contributed by atoms with Crippen LogP contribution in [0.2, 0.25) is 0 Å². The minimum atomic E-state index is -0.445. The van der Waals surface area contributed by atoms with Crippen molar-refractivity contribution >= 4 is 12.0 Å². The molecule has 0 radical (unpaired) electrons. The molecule has 0 aliphatic heterocycles. The number of hydrogen-bond acceptors (Lipinski definition) is 3. The van der Waals surface area contributed by atoms with E-state index < -0.39 is 6.09 Å². The second-order valence-corrected chi connectivity index (χ2v) is 6.15. The molecule has 5 heteroatoms. The second-order valence-electron chi connectivity index (χ2n) is 6.15. The van der Waals surface area contributed by atoms with Gasteiger partial charge in [-0.3, -0.25) is 4.79 Å². The van der Waals surface area contributed by atoms with E-state index in [0.717, 1.165) is 17.5 Å². The van der Waals surface area contributed by atoms with Crippen LogP contribution in [0, 0.1) is 19.8 Å². The predicted octanol–water partition coefficient (Wildman–Crippen LogP) is 3.19. The molecule has 0 aromatic heterocycles. The van der Waals surface area contributed by atoms with Crippen LogP contribution in [0.25, 0.3) is 0 Å². The molecule has 0 heterocycles. The lowest BCUT2D eigenvalue weighted by Crippen LogP contribution is -2.44. The first-order valence-electron chi connectivity index (χ1n) is 8.12. The number of benzene rings is 1. The van der Waals surface area contributed by atoms with Crippen LogP contribution in [0.3, 0.4) is 0 Å². The van der Waals surface area contributed by atoms with Crippen LogP contribution in [0.1, 0.15) is 48.7 Å². The molecule has 1 atom stereocenters. The van der Waals surface area contributed by atoms with Crippen molar-refractivity contribution < 1.29 is 14.3 Å². The van der Waals surface area contributed by atoms with Crippen molar-refractivity contribution in [2.75, 3.05) is 13.2 Å². The number of alkyl carbamates (subject to hydrolysis) is 1. The Kier molecular flexibility index (Phi) is 7.59. The van der Waals surface area contributed by atoms with Gasteiger partial charge in [0, 0.05) is 18.2 Å². The van der Waals surface area contributed by atoms with Gasteiger partial charge < -0.3 is 15.4 Å². The maximum atomic E-state index is 12.4. The molecule has 0 bridgehead atoms. The largest absolute Gasteiger partial charge is 0.450 e. The number of amides is 2. The van der Waals surface area contributed by atoms with Gasteiger partial charge in [0.25, 0.3) is 5.91 Å². The summed E-state index contributed by atoms with van der Waals surface area (Å²) in [6, 6.07) is 5.52. The molecule has 0 fully saturated rings. The summed E-state index contributed by atoms with van der Waals surface area (Å²) >= 11 is 0. The smallest absolute Gasteiger partial charge is 0.407 e. The lowest BCUT2D eigenvalue weighted by molar-refractivity contribution is 0.0944. The molecule has 0 aliphatic carbocycles. The van der Waals surface area contributed by atoms with Gasteiger partial charge in [0.05, 0.1) is 6.61 Å². The van der Waals surface area contributed by atoms with E-state index in [-0.39, 0.29) is 11.9 Å². The maximum absolute atomic E-state index is 12.4. The van der Waals surface area contributed by atoms with Gasteiger partial charge in [0.15, 0.2) is 0 Å². The fraction of sp³-hybridized carbons (Fsp3) is 0.556. The Morgan fingerprint density at radius 3 is 2.52 bits per heavy atom. The molecule has 1 rings (SSSR count). The van der Waals surface area contributed by atoms with Crippen LogP contribution >= 0.6 is 0 Å². The molecule has 5 nitrogen and oxygen atoms in total. The van der Waals surface area contributed by atoms with Crippen molar-refractivity contribution in [1.82, 2.24) is 10.6 Å². The van der Waals surface area contributed by atoms with Crippen LogP contribution in [0.4, 0.5) is 4.79 Å². The van der Waals surface area contributed by atoms with Gasteiger partial charge in [-0.05, 0) is 50.3 Å². The highest BCUT2D eigenvalue weighted by molar-refractivity contribution is 5.95. The Labute approximate surface area is 138 Å². The summed E-state index contributed by atoms with van der Waals surface area (Å²) < 4.78 is 4.92. The van der Waals surface area contributed by atoms with Crippen LogP contribution in [0.15, 0.2) is 18.2 Å². The van der Waals surface area contributed by atoms with E-state index in [1.807, 2.05) is 32.0 Å². The summed E-state index contributed by atoms with van der Waals surface area (Å²) in [6.07, 6.45) is 0.324. The summed E-state index contributed by atoms with van der Waals surface area (Å²) in [5, 5.41) is 5.72. The molecule has 128 valence electrons. The molecule has 2 amide bonds. The lowest BCUT2D eigenvalue weighted by atomic mass is 10.0. The molecular weight excluding hydrogens is 292 g/mol. The number of hydrogen-bond donors (Lipinski definition) is 2. The van der Waals surface area contributed by atoms with Gasteiger partial charge in [0.2, 0.25) is 0 Å². The number of ether oxygens (including phenoxy) is 1. The van der Waals surface area contributed by atoms with Crippen LogP contribution in [-0.2, 0) is 4.74 Å². The second kappa shape index (κ2) is 9.18. The zero-order chi connectivity index (χ0) is 17.4. The molecule has 1 aromatic carbocycles. The van der Waals surface area contributed by atoms with Crippen molar-refractivity contribution in [2.24, 2.45) is 5.92 Å². The first kappa shape index (κ1) is 19.0. The summed E-state index contributed by atoms with van der Waals surface area (Å²) in [7, 11) is 0. The third-order valence-corrected chi connectivity index (χ3v) is 3.71. The van der Waals surface area contributed by atoms with Gasteiger partial charge in [-0.15, -0.1) is 0 Å². The van der Waals surface area contributed by atoms with Gasteiger partial charge in [0.1, 0.15) is 0 Å². The summed E-state index contributed by atoms with van der Waals surface area (Å²) in [5.74, 6) is 0.283. The fourth-order valence-electron chi connectivity index (χ4n) is 2.41. The standard InChI is InChI=1S/C18H28N2O3/c1-6-23-18(22)20-15(10-12(2)3)11-19-17(21)16-9-7-8-13(4)14(16)5/h7-9,12,15H,6,10-11H2,1-5H3,(H,19,21)(H,20,22). The summed E-state index contributed by atoms with van der Waals surface area (Å²) in [4.78, 5) is 24.0. The Hall–Kier alpha value is -2.04. The number of nitrogens with one attached hydrogen (secondary N) is 2. The zero-order valence-electron chi connectivity index (χ0n) is 14.7. The van der Waals surface area contributed by atoms with Crippen molar-refractivity contribution in [3.05, 3.63) is 34.9 Å². The van der Waals surface area contributed by atoms with Crippen molar-refractivity contribution in [3.8, 4) is 0 Å². The van der Waals surface area contributed by atoms with E-state index >= 15 is 0 Å². The number of carbonyl (C=O) groups is 2. The van der Waals surface area contributed by atoms with Crippen LogP contribution < -0.4 is 10.6 Å². The molecule has 0 spiro atoms. The Morgan fingerprint density at radius 2 is 1.91 bits per heavy atom. The predicted molar refractivity (Wildman–Crippen MR) is 91.6 cm³/mol. The molecule has 1 aromatic rings. The summed E-state index contributed by atoms with van der Waals surface area (Å²) in [6.45, 7) is 10.5. The van der Waals surface area contributed by atoms with Crippen molar-refractivity contribution in [2.45, 2.75) is 47.1 Å². The van der Waals surface area contributed by atoms with Gasteiger partial charge >= 0.3 is 6.09 Å². The minimum absolute atomic E-state index is 0.120. The van der Waals surface area contributed by atoms with Gasteiger partial charge in [-0.25, -0.2) is 4.79 Å². The fourth-order valence-corrected chi connectivity index (χ4v) is 2.41. The topological polar surface area (TPSA) is 67.4 Å². The van der Waals surface area contributed by atoms with E-state index in [1.54, 1.807) is 6.92 Å². The van der Waals surface area contributed by atoms with E-state index in [0.29, 0.717) is 24.6 Å². The maximum Gasteiger partial charge on any atom is 0.407 e. The van der Waals surface area contributed by atoms with E-state index in [9.17, 15) is 9.59 Å². The van der Waals surface area contributed by atoms with E-state index in [4.69, 9.17) is 4.74 Å². The average molecular weight is 320 g/mol. The molecule has 2 N–H and O–H groups in total. The first-order chi connectivity index (χ1) is 10.8. The Bertz CT molecular complexity index is 541. The highest BCUT2D eigenvalue weighted by atomic mass is 16.5. The van der Waals surface area contributed by atoms with E-state index in [1.165, 1.54) is 0 Å². The normalized spacial score (nSPS) is 11.9. The zero-order valence-corrected chi connectivity index (χ0v) is 14.7. The van der Waals surface area contributed by atoms with Gasteiger partial charge in [-0.1, -0.05) is 26.0 Å². The molecule has 1 unspecified atom stereocenters. The van der Waals surface area contributed by atoms with Gasteiger partial charge in [-0.2, -0.15) is 0 Å². The van der Waals surface area contributed by atoms with Crippen molar-refractivity contribution in [1.29, 1.82) is 0 Å². The third kappa shape index (κ3) is 6.30.